The Kier molecular flexibility index (Phi) is 4.87. The third-order valence-corrected chi connectivity index (χ3v) is 14.0. The molecule has 4 atom stereocenters. The van der Waals surface area contributed by atoms with Crippen LogP contribution < -0.4 is 0 Å². The molecule has 2 heteroatoms. The van der Waals surface area contributed by atoms with Gasteiger partial charge < -0.3 is 0 Å². The van der Waals surface area contributed by atoms with Crippen LogP contribution in [0, 0.1) is 11.8 Å². The minimum absolute atomic E-state index is 0.682. The van der Waals surface area contributed by atoms with E-state index in [2.05, 4.69) is 13.8 Å². The van der Waals surface area contributed by atoms with Crippen molar-refractivity contribution in [2.24, 2.45) is 11.8 Å². The summed E-state index contributed by atoms with van der Waals surface area (Å²) < 4.78 is 14.2. The van der Waals surface area contributed by atoms with Crippen molar-refractivity contribution in [3.8, 4) is 0 Å². The molecule has 0 bridgehead atoms. The summed E-state index contributed by atoms with van der Waals surface area (Å²) >= 11 is -2.34. The molecule has 2 rings (SSSR count). The summed E-state index contributed by atoms with van der Waals surface area (Å²) in [5.74, 6) is 1.55. The predicted octanol–water partition coefficient (Wildman–Crippen LogP) is 4.57. The third-order valence-electron chi connectivity index (χ3n) is 4.95. The van der Waals surface area contributed by atoms with Crippen LogP contribution in [-0.2, 0) is 3.08 Å². The van der Waals surface area contributed by atoms with Crippen LogP contribution in [0.15, 0.2) is 0 Å². The van der Waals surface area contributed by atoms with Gasteiger partial charge in [-0.25, -0.2) is 0 Å². The van der Waals surface area contributed by atoms with Crippen LogP contribution in [0.3, 0.4) is 0 Å². The van der Waals surface area contributed by atoms with Crippen molar-refractivity contribution in [1.29, 1.82) is 0 Å². The van der Waals surface area contributed by atoms with Gasteiger partial charge in [-0.05, 0) is 0 Å². The van der Waals surface area contributed by atoms with Gasteiger partial charge in [0.25, 0.3) is 0 Å². The molecule has 0 N–H and O–H groups in total. The maximum absolute atomic E-state index is 12.9. The molecule has 0 aliphatic heterocycles. The molecule has 2 aliphatic carbocycles. The molecule has 0 amide bonds. The molecule has 4 unspecified atom stereocenters. The predicted molar refractivity (Wildman–Crippen MR) is 69.2 cm³/mol. The zero-order valence-corrected chi connectivity index (χ0v) is 13.7. The molecule has 2 fully saturated rings. The Labute approximate surface area is 108 Å². The van der Waals surface area contributed by atoms with Gasteiger partial charge in [-0.2, -0.15) is 0 Å². The average molecular weight is 329 g/mol. The molecule has 0 aromatic carbocycles. The Morgan fingerprint density at radius 2 is 1.12 bits per heavy atom. The molecular weight excluding hydrogens is 303 g/mol. The van der Waals surface area contributed by atoms with E-state index in [0.717, 1.165) is 11.8 Å². The van der Waals surface area contributed by atoms with E-state index in [-0.39, 0.29) is 0 Å². The van der Waals surface area contributed by atoms with Gasteiger partial charge in [0.15, 0.2) is 0 Å². The van der Waals surface area contributed by atoms with Crippen molar-refractivity contribution < 1.29 is 3.08 Å². The second-order valence-corrected chi connectivity index (χ2v) is 12.7. The van der Waals surface area contributed by atoms with Crippen molar-refractivity contribution in [2.45, 2.75) is 73.1 Å². The van der Waals surface area contributed by atoms with E-state index >= 15 is 0 Å². The van der Waals surface area contributed by atoms with E-state index in [1.54, 1.807) is 0 Å². The molecule has 0 aromatic rings. The summed E-state index contributed by atoms with van der Waals surface area (Å²) in [6, 6.07) is 0. The van der Waals surface area contributed by atoms with E-state index in [1.807, 2.05) is 0 Å². The van der Waals surface area contributed by atoms with Gasteiger partial charge >= 0.3 is 108 Å². The summed E-state index contributed by atoms with van der Waals surface area (Å²) in [7, 11) is 0. The van der Waals surface area contributed by atoms with E-state index in [9.17, 15) is 3.08 Å². The normalized spacial score (nSPS) is 40.6. The maximum atomic E-state index is 12.9. The number of hydrogen-bond donors (Lipinski definition) is 0. The first-order valence-corrected chi connectivity index (χ1v) is 11.7. The molecular formula is C14H26OSn. The van der Waals surface area contributed by atoms with E-state index in [0.29, 0.717) is 7.87 Å². The Balaban J connectivity index is 1.99. The Bertz CT molecular complexity index is 227. The van der Waals surface area contributed by atoms with Crippen LogP contribution in [0.5, 0.6) is 0 Å². The molecule has 0 saturated heterocycles. The van der Waals surface area contributed by atoms with Crippen molar-refractivity contribution in [3.63, 3.8) is 0 Å². The van der Waals surface area contributed by atoms with Crippen LogP contribution in [0.25, 0.3) is 0 Å². The molecule has 1 nitrogen and oxygen atoms in total. The van der Waals surface area contributed by atoms with Crippen molar-refractivity contribution in [3.05, 3.63) is 0 Å². The van der Waals surface area contributed by atoms with Gasteiger partial charge in [-0.15, -0.1) is 0 Å². The van der Waals surface area contributed by atoms with Gasteiger partial charge in [0, 0.05) is 0 Å². The molecule has 92 valence electrons. The first-order valence-electron chi connectivity index (χ1n) is 7.24. The van der Waals surface area contributed by atoms with Crippen molar-refractivity contribution in [2.75, 3.05) is 0 Å². The van der Waals surface area contributed by atoms with Crippen molar-refractivity contribution in [1.82, 2.24) is 0 Å². The summed E-state index contributed by atoms with van der Waals surface area (Å²) in [5, 5.41) is 0. The number of hydrogen-bond acceptors (Lipinski definition) is 1. The summed E-state index contributed by atoms with van der Waals surface area (Å²) in [4.78, 5) is 0. The number of rotatable bonds is 2. The van der Waals surface area contributed by atoms with Crippen LogP contribution in [-0.4, -0.2) is 19.7 Å². The van der Waals surface area contributed by atoms with E-state index in [4.69, 9.17) is 0 Å². The third kappa shape index (κ3) is 2.88. The van der Waals surface area contributed by atoms with Gasteiger partial charge in [-0.3, -0.25) is 0 Å². The molecule has 0 spiro atoms. The first kappa shape index (κ1) is 13.0. The Hall–Kier alpha value is 0.599. The molecule has 0 aromatic heterocycles. The molecule has 2 saturated carbocycles. The second-order valence-electron chi connectivity index (χ2n) is 6.14. The summed E-state index contributed by atoms with van der Waals surface area (Å²) in [6.45, 7) is 4.71. The first-order chi connectivity index (χ1) is 7.70. The zero-order valence-electron chi connectivity index (χ0n) is 10.9. The topological polar surface area (TPSA) is 17.1 Å². The van der Waals surface area contributed by atoms with E-state index < -0.39 is 19.7 Å². The monoisotopic (exact) mass is 330 g/mol. The summed E-state index contributed by atoms with van der Waals surface area (Å²) in [5.41, 5.74) is 0. The van der Waals surface area contributed by atoms with Crippen LogP contribution in [0.4, 0.5) is 0 Å². The van der Waals surface area contributed by atoms with Crippen LogP contribution in [0.2, 0.25) is 7.87 Å². The van der Waals surface area contributed by atoms with Crippen LogP contribution >= 0.6 is 0 Å². The van der Waals surface area contributed by atoms with Crippen molar-refractivity contribution >= 4 is 19.7 Å². The van der Waals surface area contributed by atoms with Gasteiger partial charge in [0.05, 0.1) is 0 Å². The van der Waals surface area contributed by atoms with Gasteiger partial charge in [0.1, 0.15) is 0 Å². The quantitative estimate of drug-likeness (QED) is 0.679. The molecule has 0 radical (unpaired) electrons. The van der Waals surface area contributed by atoms with Crippen LogP contribution in [0.1, 0.15) is 65.2 Å². The van der Waals surface area contributed by atoms with Gasteiger partial charge in [-0.1, -0.05) is 0 Å². The fourth-order valence-corrected chi connectivity index (χ4v) is 12.3. The molecule has 0 heterocycles. The van der Waals surface area contributed by atoms with Gasteiger partial charge in [0.2, 0.25) is 0 Å². The fraction of sp³-hybridized carbons (Fsp3) is 1.00. The Morgan fingerprint density at radius 1 is 0.750 bits per heavy atom. The standard InChI is InChI=1S/2C7H13.O.Sn/c2*1-7-5-3-2-4-6-7;;/h2*5,7H,2-4,6H2,1H3;;. The summed E-state index contributed by atoms with van der Waals surface area (Å²) in [6.07, 6.45) is 10.7. The second kappa shape index (κ2) is 5.97. The zero-order chi connectivity index (χ0) is 11.5. The Morgan fingerprint density at radius 3 is 1.50 bits per heavy atom. The van der Waals surface area contributed by atoms with E-state index in [1.165, 1.54) is 51.4 Å². The molecule has 16 heavy (non-hydrogen) atoms. The minimum atomic E-state index is -2.34. The average Bonchev–Trinajstić information content (AvgIpc) is 2.29. The molecule has 2 aliphatic rings. The fourth-order valence-electron chi connectivity index (χ4n) is 3.75. The SMILES string of the molecule is CC1CCCC[CH]1[Sn](=[O])[CH]1CCCCC1C.